The molecule has 0 heteroatoms. The molecular formula is C25H52. The van der Waals surface area contributed by atoms with Gasteiger partial charge >= 0.3 is 0 Å². The van der Waals surface area contributed by atoms with Gasteiger partial charge in [-0.25, -0.2) is 0 Å². The Bertz CT molecular complexity index is 265. The Morgan fingerprint density at radius 2 is 0.560 bits per heavy atom. The van der Waals surface area contributed by atoms with Gasteiger partial charge in [-0.05, 0) is 29.6 Å². The largest absolute Gasteiger partial charge is 0.0628 e. The fraction of sp³-hybridized carbons (Fsp3) is 1.00. The quantitative estimate of drug-likeness (QED) is 0.229. The zero-order chi connectivity index (χ0) is 19.1. The van der Waals surface area contributed by atoms with E-state index in [1.807, 2.05) is 0 Å². The highest BCUT2D eigenvalue weighted by atomic mass is 14.1. The second-order valence-electron chi connectivity index (χ2n) is 10.2. The Kier molecular flexibility index (Phi) is 16.2. The molecule has 3 atom stereocenters. The molecule has 0 aromatic carbocycles. The van der Waals surface area contributed by atoms with Crippen LogP contribution in [0.2, 0.25) is 0 Å². The van der Waals surface area contributed by atoms with Crippen LogP contribution < -0.4 is 0 Å². The molecule has 0 aromatic heterocycles. The van der Waals surface area contributed by atoms with E-state index in [1.165, 1.54) is 83.5 Å². The topological polar surface area (TPSA) is 0 Å². The third kappa shape index (κ3) is 18.6. The Morgan fingerprint density at radius 3 is 0.920 bits per heavy atom. The summed E-state index contributed by atoms with van der Waals surface area (Å²) in [5.41, 5.74) is 0. The average Bonchev–Trinajstić information content (AvgIpc) is 2.51. The fourth-order valence-electron chi connectivity index (χ4n) is 3.98. The molecule has 0 heterocycles. The number of rotatable bonds is 17. The van der Waals surface area contributed by atoms with Crippen LogP contribution in [-0.4, -0.2) is 0 Å². The second kappa shape index (κ2) is 16.2. The second-order valence-corrected chi connectivity index (χ2v) is 10.2. The van der Waals surface area contributed by atoms with Crippen LogP contribution in [0.1, 0.15) is 132 Å². The van der Waals surface area contributed by atoms with E-state index >= 15 is 0 Å². The van der Waals surface area contributed by atoms with Gasteiger partial charge in [-0.15, -0.1) is 0 Å². The van der Waals surface area contributed by atoms with Crippen molar-refractivity contribution >= 4 is 0 Å². The van der Waals surface area contributed by atoms with Crippen molar-refractivity contribution in [1.29, 1.82) is 0 Å². The summed E-state index contributed by atoms with van der Waals surface area (Å²) in [5, 5.41) is 0. The first-order chi connectivity index (χ1) is 11.8. The van der Waals surface area contributed by atoms with Gasteiger partial charge in [0.05, 0.1) is 0 Å². The highest BCUT2D eigenvalue weighted by Crippen LogP contribution is 2.23. The molecular weight excluding hydrogens is 300 g/mol. The Hall–Kier alpha value is 0. The van der Waals surface area contributed by atoms with Crippen LogP contribution in [0.5, 0.6) is 0 Å². The molecule has 25 heavy (non-hydrogen) atoms. The average molecular weight is 353 g/mol. The molecule has 0 N–H and O–H groups in total. The first kappa shape index (κ1) is 25.0. The predicted molar refractivity (Wildman–Crippen MR) is 117 cm³/mol. The van der Waals surface area contributed by atoms with E-state index < -0.39 is 0 Å². The van der Waals surface area contributed by atoms with Crippen molar-refractivity contribution in [2.24, 2.45) is 29.6 Å². The maximum atomic E-state index is 2.48. The lowest BCUT2D eigenvalue weighted by Gasteiger charge is -2.16. The number of unbranched alkanes of at least 4 members (excludes halogenated alkanes) is 1. The fourth-order valence-corrected chi connectivity index (χ4v) is 3.98. The van der Waals surface area contributed by atoms with E-state index in [0.717, 1.165) is 29.6 Å². The number of hydrogen-bond donors (Lipinski definition) is 0. The molecule has 3 unspecified atom stereocenters. The minimum atomic E-state index is 0.879. The maximum Gasteiger partial charge on any atom is -0.0443 e. The smallest absolute Gasteiger partial charge is 0.0443 e. The van der Waals surface area contributed by atoms with Gasteiger partial charge in [0.1, 0.15) is 0 Å². The van der Waals surface area contributed by atoms with Gasteiger partial charge in [0.15, 0.2) is 0 Å². The van der Waals surface area contributed by atoms with Crippen molar-refractivity contribution in [3.63, 3.8) is 0 Å². The van der Waals surface area contributed by atoms with Crippen LogP contribution in [0.4, 0.5) is 0 Å². The summed E-state index contributed by atoms with van der Waals surface area (Å²) >= 11 is 0. The Labute approximate surface area is 161 Å². The molecule has 0 spiro atoms. The molecule has 0 saturated heterocycles. The van der Waals surface area contributed by atoms with Crippen LogP contribution in [0, 0.1) is 29.6 Å². The highest BCUT2D eigenvalue weighted by Gasteiger charge is 2.08. The summed E-state index contributed by atoms with van der Waals surface area (Å²) in [5.74, 6) is 4.59. The van der Waals surface area contributed by atoms with E-state index in [9.17, 15) is 0 Å². The Morgan fingerprint density at radius 1 is 0.320 bits per heavy atom. The first-order valence-electron chi connectivity index (χ1n) is 11.8. The van der Waals surface area contributed by atoms with Gasteiger partial charge in [0.25, 0.3) is 0 Å². The normalized spacial score (nSPS) is 15.7. The van der Waals surface area contributed by atoms with Crippen LogP contribution in [0.15, 0.2) is 0 Å². The summed E-state index contributed by atoms with van der Waals surface area (Å²) in [7, 11) is 0. The third-order valence-electron chi connectivity index (χ3n) is 5.99. The summed E-state index contributed by atoms with van der Waals surface area (Å²) in [6, 6.07) is 0. The van der Waals surface area contributed by atoms with Gasteiger partial charge in [-0.2, -0.15) is 0 Å². The maximum absolute atomic E-state index is 2.48. The van der Waals surface area contributed by atoms with Gasteiger partial charge in [-0.3, -0.25) is 0 Å². The lowest BCUT2D eigenvalue weighted by Crippen LogP contribution is -2.01. The lowest BCUT2D eigenvalue weighted by atomic mass is 9.90. The molecule has 0 aliphatic carbocycles. The van der Waals surface area contributed by atoms with E-state index in [0.29, 0.717) is 0 Å². The summed E-state index contributed by atoms with van der Waals surface area (Å²) in [6.45, 7) is 16.8. The van der Waals surface area contributed by atoms with Crippen molar-refractivity contribution in [2.45, 2.75) is 132 Å². The zero-order valence-corrected chi connectivity index (χ0v) is 19.1. The zero-order valence-electron chi connectivity index (χ0n) is 19.1. The van der Waals surface area contributed by atoms with E-state index in [4.69, 9.17) is 0 Å². The molecule has 0 amide bonds. The minimum Gasteiger partial charge on any atom is -0.0628 e. The summed E-state index contributed by atoms with van der Waals surface area (Å²) in [4.78, 5) is 0. The molecule has 152 valence electrons. The van der Waals surface area contributed by atoms with Gasteiger partial charge in [0, 0.05) is 0 Å². The molecule has 0 rings (SSSR count). The van der Waals surface area contributed by atoms with Gasteiger partial charge in [0.2, 0.25) is 0 Å². The van der Waals surface area contributed by atoms with E-state index in [-0.39, 0.29) is 0 Å². The van der Waals surface area contributed by atoms with Crippen LogP contribution >= 0.6 is 0 Å². The van der Waals surface area contributed by atoms with Gasteiger partial charge in [-0.1, -0.05) is 132 Å². The van der Waals surface area contributed by atoms with Crippen molar-refractivity contribution in [3.05, 3.63) is 0 Å². The summed E-state index contributed by atoms with van der Waals surface area (Å²) in [6.07, 6.45) is 18.8. The molecule has 0 bridgehead atoms. The molecule has 0 saturated carbocycles. The van der Waals surface area contributed by atoms with Crippen LogP contribution in [-0.2, 0) is 0 Å². The predicted octanol–water partition coefficient (Wildman–Crippen LogP) is 9.28. The van der Waals surface area contributed by atoms with Crippen molar-refractivity contribution in [2.75, 3.05) is 0 Å². The molecule has 0 fully saturated rings. The first-order valence-corrected chi connectivity index (χ1v) is 11.8. The Balaban J connectivity index is 3.49. The van der Waals surface area contributed by atoms with Crippen molar-refractivity contribution in [3.8, 4) is 0 Å². The summed E-state index contributed by atoms with van der Waals surface area (Å²) < 4.78 is 0. The SMILES string of the molecule is CC(C)CCCCC(C)CCCC(C)CCCC(C)CCCC(C)C. The van der Waals surface area contributed by atoms with Crippen molar-refractivity contribution in [1.82, 2.24) is 0 Å². The standard InChI is InChI=1S/C25H52/c1-21(2)13-8-9-15-23(5)17-11-19-25(7)20-12-18-24(6)16-10-14-22(3)4/h21-25H,8-20H2,1-7H3. The highest BCUT2D eigenvalue weighted by molar-refractivity contribution is 4.61. The molecule has 0 aromatic rings. The minimum absolute atomic E-state index is 0.879. The molecule has 0 nitrogen and oxygen atoms in total. The monoisotopic (exact) mass is 352 g/mol. The molecule has 0 aliphatic heterocycles. The number of hydrogen-bond acceptors (Lipinski definition) is 0. The van der Waals surface area contributed by atoms with Crippen LogP contribution in [0.25, 0.3) is 0 Å². The van der Waals surface area contributed by atoms with E-state index in [2.05, 4.69) is 48.5 Å². The van der Waals surface area contributed by atoms with Crippen LogP contribution in [0.3, 0.4) is 0 Å². The van der Waals surface area contributed by atoms with Gasteiger partial charge < -0.3 is 0 Å². The molecule has 0 aliphatic rings. The molecule has 0 radical (unpaired) electrons. The third-order valence-corrected chi connectivity index (χ3v) is 5.99. The van der Waals surface area contributed by atoms with Crippen molar-refractivity contribution < 1.29 is 0 Å². The van der Waals surface area contributed by atoms with E-state index in [1.54, 1.807) is 0 Å². The lowest BCUT2D eigenvalue weighted by molar-refractivity contribution is 0.370.